The van der Waals surface area contributed by atoms with Crippen LogP contribution in [0.4, 0.5) is 5.69 Å². The van der Waals surface area contributed by atoms with Crippen LogP contribution in [0.1, 0.15) is 13.8 Å². The van der Waals surface area contributed by atoms with E-state index in [-0.39, 0.29) is 26.7 Å². The monoisotopic (exact) mass is 479 g/mol. The van der Waals surface area contributed by atoms with Crippen molar-refractivity contribution in [2.75, 3.05) is 10.8 Å². The number of sulfonamides is 1. The van der Waals surface area contributed by atoms with Gasteiger partial charge in [-0.15, -0.1) is 0 Å². The normalized spacial score (nSPS) is 11.5. The van der Waals surface area contributed by atoms with E-state index in [0.717, 1.165) is 4.31 Å². The minimum atomic E-state index is -4.17. The minimum Gasteiger partial charge on any atom is -0.462 e. The van der Waals surface area contributed by atoms with Gasteiger partial charge >= 0.3 is 5.97 Å². The number of benzene rings is 2. The van der Waals surface area contributed by atoms with Crippen molar-refractivity contribution in [3.8, 4) is 0 Å². The molecule has 0 heterocycles. The molecule has 0 saturated carbocycles. The molecule has 140 valence electrons. The summed E-state index contributed by atoms with van der Waals surface area (Å²) in [7, 11) is -4.17. The van der Waals surface area contributed by atoms with Gasteiger partial charge in [0.2, 0.25) is 0 Å². The van der Waals surface area contributed by atoms with Gasteiger partial charge in [-0.3, -0.25) is 9.10 Å². The molecule has 0 aliphatic rings. The Hall–Kier alpha value is -1.28. The van der Waals surface area contributed by atoms with Gasteiger partial charge in [0.1, 0.15) is 11.4 Å². The third-order valence-corrected chi connectivity index (χ3v) is 6.37. The van der Waals surface area contributed by atoms with E-state index in [9.17, 15) is 13.2 Å². The lowest BCUT2D eigenvalue weighted by atomic mass is 10.3. The summed E-state index contributed by atoms with van der Waals surface area (Å²) in [5, 5.41) is 0.216. The summed E-state index contributed by atoms with van der Waals surface area (Å²) in [6.45, 7) is 2.86. The molecule has 2 aromatic rings. The van der Waals surface area contributed by atoms with Gasteiger partial charge in [-0.05, 0) is 60.1 Å². The SMILES string of the molecule is CC(C)OC(=O)CN(c1ccccc1Br)S(=O)(=O)c1cc(Cl)ccc1Cl. The highest BCUT2D eigenvalue weighted by Crippen LogP contribution is 2.34. The lowest BCUT2D eigenvalue weighted by Crippen LogP contribution is -2.37. The number of anilines is 1. The predicted octanol–water partition coefficient (Wildman–Crippen LogP) is 4.90. The highest BCUT2D eigenvalue weighted by molar-refractivity contribution is 9.10. The van der Waals surface area contributed by atoms with Crippen LogP contribution in [-0.4, -0.2) is 27.0 Å². The van der Waals surface area contributed by atoms with Gasteiger partial charge in [0.25, 0.3) is 10.0 Å². The van der Waals surface area contributed by atoms with Gasteiger partial charge < -0.3 is 4.74 Å². The number of esters is 1. The summed E-state index contributed by atoms with van der Waals surface area (Å²) in [6, 6.07) is 10.8. The molecule has 9 heteroatoms. The van der Waals surface area contributed by atoms with E-state index < -0.39 is 22.5 Å². The van der Waals surface area contributed by atoms with Crippen molar-refractivity contribution in [3.63, 3.8) is 0 Å². The van der Waals surface area contributed by atoms with Crippen LogP contribution in [0.5, 0.6) is 0 Å². The Kier molecular flexibility index (Phi) is 6.96. The number of hydrogen-bond donors (Lipinski definition) is 0. The second-order valence-corrected chi connectivity index (χ2v) is 9.11. The Morgan fingerprint density at radius 3 is 2.46 bits per heavy atom. The van der Waals surface area contributed by atoms with Crippen molar-refractivity contribution in [3.05, 3.63) is 57.0 Å². The van der Waals surface area contributed by atoms with E-state index in [1.54, 1.807) is 38.1 Å². The second kappa shape index (κ2) is 8.61. The number of hydrogen-bond acceptors (Lipinski definition) is 4. The smallest absolute Gasteiger partial charge is 0.327 e. The lowest BCUT2D eigenvalue weighted by Gasteiger charge is -2.25. The molecule has 0 radical (unpaired) electrons. The Morgan fingerprint density at radius 2 is 1.85 bits per heavy atom. The summed E-state index contributed by atoms with van der Waals surface area (Å²) in [6.07, 6.45) is -0.374. The van der Waals surface area contributed by atoms with E-state index >= 15 is 0 Å². The topological polar surface area (TPSA) is 63.7 Å². The van der Waals surface area contributed by atoms with Crippen LogP contribution >= 0.6 is 39.1 Å². The summed E-state index contributed by atoms with van der Waals surface area (Å²) >= 11 is 15.3. The molecule has 0 saturated heterocycles. The number of ether oxygens (including phenoxy) is 1. The Bertz CT molecular complexity index is 919. The third kappa shape index (κ3) is 4.91. The molecule has 2 aromatic carbocycles. The molecule has 0 aromatic heterocycles. The van der Waals surface area contributed by atoms with Crippen LogP contribution in [-0.2, 0) is 19.6 Å². The summed E-state index contributed by atoms with van der Waals surface area (Å²) in [5.74, 6) is -0.683. The number of rotatable bonds is 6. The van der Waals surface area contributed by atoms with Gasteiger partial charge in [0, 0.05) is 9.50 Å². The van der Waals surface area contributed by atoms with Crippen LogP contribution in [0.3, 0.4) is 0 Å². The number of halogens is 3. The fourth-order valence-corrected chi connectivity index (χ4v) is 4.95. The lowest BCUT2D eigenvalue weighted by molar-refractivity contribution is -0.145. The summed E-state index contributed by atoms with van der Waals surface area (Å²) in [5.41, 5.74) is 0.282. The Balaban J connectivity index is 2.57. The van der Waals surface area contributed by atoms with Crippen LogP contribution in [0.2, 0.25) is 10.0 Å². The largest absolute Gasteiger partial charge is 0.462 e. The van der Waals surface area contributed by atoms with Crippen LogP contribution < -0.4 is 4.31 Å². The van der Waals surface area contributed by atoms with Gasteiger partial charge in [-0.25, -0.2) is 8.42 Å². The van der Waals surface area contributed by atoms with Crippen LogP contribution in [0, 0.1) is 0 Å². The molecule has 2 rings (SSSR count). The zero-order chi connectivity index (χ0) is 19.5. The molecule has 0 amide bonds. The van der Waals surface area contributed by atoms with Crippen LogP contribution in [0.15, 0.2) is 51.8 Å². The third-order valence-electron chi connectivity index (χ3n) is 3.22. The highest BCUT2D eigenvalue weighted by Gasteiger charge is 2.31. The molecule has 0 unspecified atom stereocenters. The van der Waals surface area contributed by atoms with Gasteiger partial charge in [-0.1, -0.05) is 35.3 Å². The summed E-state index contributed by atoms with van der Waals surface area (Å²) < 4.78 is 33.0. The first kappa shape index (κ1) is 21.0. The maximum absolute atomic E-state index is 13.2. The van der Waals surface area contributed by atoms with E-state index in [1.807, 2.05) is 0 Å². The predicted molar refractivity (Wildman–Crippen MR) is 106 cm³/mol. The first-order valence-corrected chi connectivity index (χ1v) is 10.5. The second-order valence-electron chi connectivity index (χ2n) is 5.58. The number of carbonyl (C=O) groups is 1. The van der Waals surface area contributed by atoms with E-state index in [1.165, 1.54) is 18.2 Å². The van der Waals surface area contributed by atoms with Crippen molar-refractivity contribution in [1.29, 1.82) is 0 Å². The fourth-order valence-electron chi connectivity index (χ4n) is 2.16. The van der Waals surface area contributed by atoms with Crippen molar-refractivity contribution < 1.29 is 17.9 Å². The molecule has 0 bridgehead atoms. The molecule has 0 aliphatic carbocycles. The zero-order valence-corrected chi connectivity index (χ0v) is 17.9. The standard InChI is InChI=1S/C17H16BrCl2NO4S/c1-11(2)25-17(22)10-21(15-6-4-3-5-13(15)18)26(23,24)16-9-12(19)7-8-14(16)20/h3-9,11H,10H2,1-2H3. The maximum Gasteiger partial charge on any atom is 0.327 e. The first-order valence-electron chi connectivity index (χ1n) is 7.54. The van der Waals surface area contributed by atoms with Crippen molar-refractivity contribution in [2.45, 2.75) is 24.8 Å². The molecule has 5 nitrogen and oxygen atoms in total. The Morgan fingerprint density at radius 1 is 1.19 bits per heavy atom. The molecule has 26 heavy (non-hydrogen) atoms. The van der Waals surface area contributed by atoms with E-state index in [0.29, 0.717) is 4.47 Å². The van der Waals surface area contributed by atoms with Gasteiger partial charge in [0.05, 0.1) is 16.8 Å². The van der Waals surface area contributed by atoms with Crippen molar-refractivity contribution >= 4 is 60.8 Å². The molecule has 0 atom stereocenters. The highest BCUT2D eigenvalue weighted by atomic mass is 79.9. The molecule has 0 N–H and O–H groups in total. The minimum absolute atomic E-state index is 0.00341. The van der Waals surface area contributed by atoms with Crippen LogP contribution in [0.25, 0.3) is 0 Å². The number of para-hydroxylation sites is 1. The average molecular weight is 481 g/mol. The molecular formula is C17H16BrCl2NO4S. The fraction of sp³-hybridized carbons (Fsp3) is 0.235. The first-order chi connectivity index (χ1) is 12.1. The molecule has 0 fully saturated rings. The molecule has 0 spiro atoms. The summed E-state index contributed by atoms with van der Waals surface area (Å²) in [4.78, 5) is 12.0. The molecular weight excluding hydrogens is 465 g/mol. The maximum atomic E-state index is 13.2. The average Bonchev–Trinajstić information content (AvgIpc) is 2.55. The van der Waals surface area contributed by atoms with Gasteiger partial charge in [-0.2, -0.15) is 0 Å². The van der Waals surface area contributed by atoms with Crippen molar-refractivity contribution in [2.24, 2.45) is 0 Å². The quantitative estimate of drug-likeness (QED) is 0.551. The Labute approximate surface area is 171 Å². The van der Waals surface area contributed by atoms with Crippen molar-refractivity contribution in [1.82, 2.24) is 0 Å². The van der Waals surface area contributed by atoms with E-state index in [2.05, 4.69) is 15.9 Å². The molecule has 0 aliphatic heterocycles. The zero-order valence-electron chi connectivity index (χ0n) is 13.9. The van der Waals surface area contributed by atoms with E-state index in [4.69, 9.17) is 27.9 Å². The number of carbonyl (C=O) groups excluding carboxylic acids is 1. The number of nitrogens with zero attached hydrogens (tertiary/aromatic N) is 1. The van der Waals surface area contributed by atoms with Gasteiger partial charge in [0.15, 0.2) is 0 Å².